The number of hydrogen-bond donors (Lipinski definition) is 0. The second kappa shape index (κ2) is 6.27. The van der Waals surface area contributed by atoms with E-state index >= 15 is 0 Å². The van der Waals surface area contributed by atoms with Gasteiger partial charge in [0.15, 0.2) is 11.5 Å². The van der Waals surface area contributed by atoms with E-state index in [9.17, 15) is 18.4 Å². The van der Waals surface area contributed by atoms with E-state index in [0.717, 1.165) is 4.90 Å². The van der Waals surface area contributed by atoms with Crippen molar-refractivity contribution >= 4 is 11.8 Å². The SMILES string of the molecule is COc1cc(CN2C(=O)c3ccccc3C2=O)ccc1OC(F)F. The quantitative estimate of drug-likeness (QED) is 0.789. The van der Waals surface area contributed by atoms with Crippen molar-refractivity contribution < 1.29 is 27.8 Å². The van der Waals surface area contributed by atoms with Gasteiger partial charge in [-0.1, -0.05) is 18.2 Å². The summed E-state index contributed by atoms with van der Waals surface area (Å²) in [6.45, 7) is -2.96. The Morgan fingerprint density at radius 3 is 2.17 bits per heavy atom. The first kappa shape index (κ1) is 15.9. The van der Waals surface area contributed by atoms with Crippen LogP contribution in [0.3, 0.4) is 0 Å². The molecule has 0 atom stereocenters. The number of halogens is 2. The fourth-order valence-corrected chi connectivity index (χ4v) is 2.57. The maximum atomic E-state index is 12.3. The Kier molecular flexibility index (Phi) is 4.16. The third-order valence-electron chi connectivity index (χ3n) is 3.66. The Labute approximate surface area is 136 Å². The summed E-state index contributed by atoms with van der Waals surface area (Å²) in [6.07, 6.45) is 0. The second-order valence-electron chi connectivity index (χ2n) is 5.11. The summed E-state index contributed by atoms with van der Waals surface area (Å²) in [5, 5.41) is 0. The van der Waals surface area contributed by atoms with Gasteiger partial charge in [-0.05, 0) is 29.8 Å². The van der Waals surface area contributed by atoms with Crippen molar-refractivity contribution in [2.45, 2.75) is 13.2 Å². The van der Waals surface area contributed by atoms with Crippen LogP contribution in [0.4, 0.5) is 8.78 Å². The van der Waals surface area contributed by atoms with Crippen LogP contribution in [0.1, 0.15) is 26.3 Å². The molecule has 0 aliphatic carbocycles. The molecule has 1 aliphatic heterocycles. The second-order valence-corrected chi connectivity index (χ2v) is 5.11. The lowest BCUT2D eigenvalue weighted by Crippen LogP contribution is -2.29. The van der Waals surface area contributed by atoms with Gasteiger partial charge in [-0.3, -0.25) is 14.5 Å². The van der Waals surface area contributed by atoms with Gasteiger partial charge in [0.05, 0.1) is 24.8 Å². The molecule has 0 aromatic heterocycles. The van der Waals surface area contributed by atoms with Gasteiger partial charge >= 0.3 is 6.61 Å². The predicted molar refractivity (Wildman–Crippen MR) is 80.3 cm³/mol. The summed E-state index contributed by atoms with van der Waals surface area (Å²) in [4.78, 5) is 25.8. The van der Waals surface area contributed by atoms with Crippen molar-refractivity contribution in [1.29, 1.82) is 0 Å². The summed E-state index contributed by atoms with van der Waals surface area (Å²) in [7, 11) is 1.32. The maximum absolute atomic E-state index is 12.3. The van der Waals surface area contributed by atoms with Crippen molar-refractivity contribution in [2.24, 2.45) is 0 Å². The molecular weight excluding hydrogens is 320 g/mol. The standard InChI is InChI=1S/C17H13F2NO4/c1-23-14-8-10(6-7-13(14)24-17(18)19)9-20-15(21)11-4-2-3-5-12(11)16(20)22/h2-8,17H,9H2,1H3. The van der Waals surface area contributed by atoms with Crippen molar-refractivity contribution in [3.8, 4) is 11.5 Å². The molecule has 2 aromatic carbocycles. The van der Waals surface area contributed by atoms with Crippen LogP contribution < -0.4 is 9.47 Å². The highest BCUT2D eigenvalue weighted by Gasteiger charge is 2.35. The fourth-order valence-electron chi connectivity index (χ4n) is 2.57. The summed E-state index contributed by atoms with van der Waals surface area (Å²) in [5.41, 5.74) is 1.27. The highest BCUT2D eigenvalue weighted by atomic mass is 19.3. The molecule has 5 nitrogen and oxygen atoms in total. The van der Waals surface area contributed by atoms with Gasteiger partial charge < -0.3 is 9.47 Å². The fraction of sp³-hybridized carbons (Fsp3) is 0.176. The van der Waals surface area contributed by atoms with Crippen LogP contribution in [0.5, 0.6) is 11.5 Å². The number of methoxy groups -OCH3 is 1. The van der Waals surface area contributed by atoms with Crippen LogP contribution in [0.2, 0.25) is 0 Å². The van der Waals surface area contributed by atoms with Crippen molar-refractivity contribution in [3.63, 3.8) is 0 Å². The molecule has 0 saturated heterocycles. The lowest BCUT2D eigenvalue weighted by molar-refractivity contribution is -0.0512. The topological polar surface area (TPSA) is 55.8 Å². The van der Waals surface area contributed by atoms with Crippen molar-refractivity contribution in [3.05, 3.63) is 59.2 Å². The maximum Gasteiger partial charge on any atom is 0.387 e. The molecule has 7 heteroatoms. The first-order valence-electron chi connectivity index (χ1n) is 7.08. The predicted octanol–water partition coefficient (Wildman–Crippen LogP) is 3.09. The minimum Gasteiger partial charge on any atom is -0.493 e. The number of imide groups is 1. The molecule has 0 fully saturated rings. The number of fused-ring (bicyclic) bond motifs is 1. The van der Waals surface area contributed by atoms with Gasteiger partial charge in [-0.25, -0.2) is 0 Å². The van der Waals surface area contributed by atoms with Crippen molar-refractivity contribution in [2.75, 3.05) is 7.11 Å². The number of amides is 2. The van der Waals surface area contributed by atoms with Crippen LogP contribution in [0.15, 0.2) is 42.5 Å². The average Bonchev–Trinajstić information content (AvgIpc) is 2.81. The molecule has 2 aromatic rings. The number of benzene rings is 2. The molecule has 0 spiro atoms. The normalized spacial score (nSPS) is 13.4. The van der Waals surface area contributed by atoms with Crippen LogP contribution in [-0.2, 0) is 6.54 Å². The van der Waals surface area contributed by atoms with E-state index in [1.54, 1.807) is 24.3 Å². The lowest BCUT2D eigenvalue weighted by Gasteiger charge is -2.16. The number of hydrogen-bond acceptors (Lipinski definition) is 4. The molecule has 1 aliphatic rings. The lowest BCUT2D eigenvalue weighted by atomic mass is 10.1. The van der Waals surface area contributed by atoms with Gasteiger partial charge in [0.25, 0.3) is 11.8 Å². The summed E-state index contributed by atoms with van der Waals surface area (Å²) in [6, 6.07) is 10.8. The molecule has 0 radical (unpaired) electrons. The number of rotatable bonds is 5. The van der Waals surface area contributed by atoms with Crippen LogP contribution in [-0.4, -0.2) is 30.4 Å². The Morgan fingerprint density at radius 1 is 1.00 bits per heavy atom. The van der Waals surface area contributed by atoms with E-state index < -0.39 is 6.61 Å². The Balaban J connectivity index is 1.85. The van der Waals surface area contributed by atoms with E-state index in [1.165, 1.54) is 25.3 Å². The van der Waals surface area contributed by atoms with E-state index in [-0.39, 0.29) is 29.9 Å². The highest BCUT2D eigenvalue weighted by Crippen LogP contribution is 2.31. The molecule has 0 bridgehead atoms. The summed E-state index contributed by atoms with van der Waals surface area (Å²) >= 11 is 0. The molecule has 2 amide bonds. The van der Waals surface area contributed by atoms with Crippen LogP contribution in [0.25, 0.3) is 0 Å². The average molecular weight is 333 g/mol. The number of carbonyl (C=O) groups excluding carboxylic acids is 2. The van der Waals surface area contributed by atoms with Crippen LogP contribution in [0, 0.1) is 0 Å². The number of carbonyl (C=O) groups is 2. The Morgan fingerprint density at radius 2 is 1.62 bits per heavy atom. The zero-order valence-corrected chi connectivity index (χ0v) is 12.7. The van der Waals surface area contributed by atoms with Gasteiger partial charge in [-0.2, -0.15) is 8.78 Å². The van der Waals surface area contributed by atoms with Gasteiger partial charge in [0.2, 0.25) is 0 Å². The van der Waals surface area contributed by atoms with Gasteiger partial charge in [0, 0.05) is 0 Å². The monoisotopic (exact) mass is 333 g/mol. The number of alkyl halides is 2. The Bertz CT molecular complexity index is 772. The molecule has 3 rings (SSSR count). The minimum absolute atomic E-state index is 0.0116. The van der Waals surface area contributed by atoms with E-state index in [1.807, 2.05) is 0 Å². The van der Waals surface area contributed by atoms with E-state index in [2.05, 4.69) is 4.74 Å². The first-order chi connectivity index (χ1) is 11.5. The molecule has 1 heterocycles. The zero-order chi connectivity index (χ0) is 17.3. The molecule has 0 N–H and O–H groups in total. The third kappa shape index (κ3) is 2.80. The summed E-state index contributed by atoms with van der Waals surface area (Å²) < 4.78 is 34.1. The van der Waals surface area contributed by atoms with Crippen LogP contribution >= 0.6 is 0 Å². The minimum atomic E-state index is -2.97. The number of ether oxygens (including phenoxy) is 2. The molecule has 0 saturated carbocycles. The summed E-state index contributed by atoms with van der Waals surface area (Å²) in [5.74, 6) is -0.784. The smallest absolute Gasteiger partial charge is 0.387 e. The number of nitrogens with zero attached hydrogens (tertiary/aromatic N) is 1. The van der Waals surface area contributed by atoms with Gasteiger partial charge in [0.1, 0.15) is 0 Å². The zero-order valence-electron chi connectivity index (χ0n) is 12.7. The first-order valence-corrected chi connectivity index (χ1v) is 7.08. The highest BCUT2D eigenvalue weighted by molar-refractivity contribution is 6.21. The Hall–Kier alpha value is -2.96. The molecule has 24 heavy (non-hydrogen) atoms. The molecule has 0 unspecified atom stereocenters. The van der Waals surface area contributed by atoms with Crippen molar-refractivity contribution in [1.82, 2.24) is 4.90 Å². The molecule has 124 valence electrons. The largest absolute Gasteiger partial charge is 0.493 e. The van der Waals surface area contributed by atoms with E-state index in [4.69, 9.17) is 4.74 Å². The van der Waals surface area contributed by atoms with E-state index in [0.29, 0.717) is 16.7 Å². The molecular formula is C17H13F2NO4. The third-order valence-corrected chi connectivity index (χ3v) is 3.66. The van der Waals surface area contributed by atoms with Gasteiger partial charge in [-0.15, -0.1) is 0 Å².